The first kappa shape index (κ1) is 16.3. The average molecular weight is 284 g/mol. The molecular weight excluding hydrogens is 258 g/mol. The summed E-state index contributed by atoms with van der Waals surface area (Å²) in [6.07, 6.45) is 6.05. The second-order valence-corrected chi connectivity index (χ2v) is 5.33. The molecule has 108 valence electrons. The second kappa shape index (κ2) is 9.22. The van der Waals surface area contributed by atoms with Gasteiger partial charge in [-0.3, -0.25) is 0 Å². The van der Waals surface area contributed by atoms with Crippen LogP contribution in [-0.2, 0) is 0 Å². The maximum atomic E-state index is 6.03. The molecule has 0 aliphatic rings. The molecule has 1 rings (SSSR count). The highest BCUT2D eigenvalue weighted by atomic mass is 35.5. The highest BCUT2D eigenvalue weighted by Gasteiger charge is 2.15. The van der Waals surface area contributed by atoms with Crippen LogP contribution in [-0.4, -0.2) is 13.7 Å². The summed E-state index contributed by atoms with van der Waals surface area (Å²) >= 11 is 6.03. The lowest BCUT2D eigenvalue weighted by Crippen LogP contribution is -2.22. The highest BCUT2D eigenvalue weighted by Crippen LogP contribution is 2.31. The largest absolute Gasteiger partial charge is 0.496 e. The van der Waals surface area contributed by atoms with E-state index >= 15 is 0 Å². The Bertz CT molecular complexity index is 368. The van der Waals surface area contributed by atoms with Crippen molar-refractivity contribution in [3.63, 3.8) is 0 Å². The molecule has 0 fully saturated rings. The fourth-order valence-corrected chi connectivity index (χ4v) is 2.42. The van der Waals surface area contributed by atoms with Gasteiger partial charge in [0, 0.05) is 16.6 Å². The summed E-state index contributed by atoms with van der Waals surface area (Å²) in [4.78, 5) is 0. The molecule has 0 aromatic heterocycles. The first-order valence-electron chi connectivity index (χ1n) is 7.29. The van der Waals surface area contributed by atoms with Crippen LogP contribution in [0.5, 0.6) is 5.75 Å². The maximum Gasteiger partial charge on any atom is 0.125 e. The fraction of sp³-hybridized carbons (Fsp3) is 0.625. The molecule has 0 aliphatic carbocycles. The first-order chi connectivity index (χ1) is 9.22. The Labute approximate surface area is 122 Å². The van der Waals surface area contributed by atoms with Gasteiger partial charge in [-0.2, -0.15) is 0 Å². The Kier molecular flexibility index (Phi) is 7.92. The quantitative estimate of drug-likeness (QED) is 0.646. The van der Waals surface area contributed by atoms with Crippen LogP contribution in [0, 0.1) is 0 Å². The summed E-state index contributed by atoms with van der Waals surface area (Å²) in [6, 6.07) is 6.29. The third-order valence-corrected chi connectivity index (χ3v) is 3.54. The van der Waals surface area contributed by atoms with Crippen molar-refractivity contribution in [3.8, 4) is 5.75 Å². The molecule has 0 radical (unpaired) electrons. The number of rotatable bonds is 9. The summed E-state index contributed by atoms with van der Waals surface area (Å²) in [5.41, 5.74) is 1.22. The number of nitrogens with one attached hydrogen (secondary N) is 1. The minimum atomic E-state index is 0.360. The summed E-state index contributed by atoms with van der Waals surface area (Å²) in [7, 11) is 1.71. The molecule has 0 amide bonds. The molecule has 19 heavy (non-hydrogen) atoms. The minimum Gasteiger partial charge on any atom is -0.496 e. The first-order valence-corrected chi connectivity index (χ1v) is 7.67. The van der Waals surface area contributed by atoms with Gasteiger partial charge in [0.15, 0.2) is 0 Å². The third-order valence-electron chi connectivity index (χ3n) is 3.31. The van der Waals surface area contributed by atoms with Crippen molar-refractivity contribution in [3.05, 3.63) is 28.8 Å². The van der Waals surface area contributed by atoms with E-state index in [0.29, 0.717) is 6.04 Å². The van der Waals surface area contributed by atoms with Gasteiger partial charge >= 0.3 is 0 Å². The zero-order chi connectivity index (χ0) is 14.1. The summed E-state index contributed by atoms with van der Waals surface area (Å²) < 4.78 is 5.47. The summed E-state index contributed by atoms with van der Waals surface area (Å²) in [5.74, 6) is 0.887. The van der Waals surface area contributed by atoms with Crippen molar-refractivity contribution in [1.82, 2.24) is 5.32 Å². The Morgan fingerprint density at radius 2 is 2.00 bits per heavy atom. The van der Waals surface area contributed by atoms with E-state index in [1.807, 2.05) is 12.1 Å². The molecule has 0 bridgehead atoms. The molecule has 1 unspecified atom stereocenters. The van der Waals surface area contributed by atoms with Gasteiger partial charge in [-0.1, -0.05) is 50.8 Å². The summed E-state index contributed by atoms with van der Waals surface area (Å²) in [6.45, 7) is 5.45. The van der Waals surface area contributed by atoms with Crippen LogP contribution < -0.4 is 10.1 Å². The van der Waals surface area contributed by atoms with Gasteiger partial charge in [0.05, 0.1) is 7.11 Å². The van der Waals surface area contributed by atoms with Crippen LogP contribution in [0.4, 0.5) is 0 Å². The summed E-state index contributed by atoms with van der Waals surface area (Å²) in [5, 5.41) is 4.34. The molecule has 1 aromatic carbocycles. The lowest BCUT2D eigenvalue weighted by Gasteiger charge is -2.21. The number of ether oxygens (including phenoxy) is 1. The number of hydrogen-bond donors (Lipinski definition) is 1. The van der Waals surface area contributed by atoms with Crippen LogP contribution in [0.1, 0.15) is 57.6 Å². The van der Waals surface area contributed by atoms with E-state index in [0.717, 1.165) is 30.2 Å². The van der Waals surface area contributed by atoms with Gasteiger partial charge in [0.1, 0.15) is 5.75 Å². The minimum absolute atomic E-state index is 0.360. The van der Waals surface area contributed by atoms with Crippen molar-refractivity contribution in [2.24, 2.45) is 0 Å². The van der Waals surface area contributed by atoms with Gasteiger partial charge < -0.3 is 10.1 Å². The molecule has 1 atom stereocenters. The van der Waals surface area contributed by atoms with E-state index in [2.05, 4.69) is 25.2 Å². The lowest BCUT2D eigenvalue weighted by molar-refractivity contribution is 0.392. The highest BCUT2D eigenvalue weighted by molar-refractivity contribution is 6.30. The van der Waals surface area contributed by atoms with Crippen LogP contribution in [0.15, 0.2) is 18.2 Å². The molecule has 0 aliphatic heterocycles. The molecule has 1 aromatic rings. The average Bonchev–Trinajstić information content (AvgIpc) is 2.43. The van der Waals surface area contributed by atoms with E-state index < -0.39 is 0 Å². The Morgan fingerprint density at radius 3 is 2.63 bits per heavy atom. The van der Waals surface area contributed by atoms with Gasteiger partial charge in [-0.05, 0) is 31.5 Å². The van der Waals surface area contributed by atoms with Gasteiger partial charge in [0.25, 0.3) is 0 Å². The zero-order valence-electron chi connectivity index (χ0n) is 12.3. The molecule has 3 heteroatoms. The normalized spacial score (nSPS) is 12.4. The number of unbranched alkanes of at least 4 members (excludes halogenated alkanes) is 2. The number of methoxy groups -OCH3 is 1. The van der Waals surface area contributed by atoms with Gasteiger partial charge in [-0.15, -0.1) is 0 Å². The Morgan fingerprint density at radius 1 is 1.21 bits per heavy atom. The van der Waals surface area contributed by atoms with E-state index in [9.17, 15) is 0 Å². The maximum absolute atomic E-state index is 6.03. The van der Waals surface area contributed by atoms with E-state index in [1.54, 1.807) is 7.11 Å². The Balaban J connectivity index is 2.82. The van der Waals surface area contributed by atoms with Crippen molar-refractivity contribution in [2.45, 2.75) is 52.0 Å². The lowest BCUT2D eigenvalue weighted by atomic mass is 9.99. The van der Waals surface area contributed by atoms with Crippen molar-refractivity contribution < 1.29 is 4.74 Å². The SMILES string of the molecule is CCCCCC(NCCC)c1ccc(Cl)cc1OC. The van der Waals surface area contributed by atoms with Crippen molar-refractivity contribution in [1.29, 1.82) is 0 Å². The zero-order valence-corrected chi connectivity index (χ0v) is 13.1. The van der Waals surface area contributed by atoms with E-state index in [-0.39, 0.29) is 0 Å². The third kappa shape index (κ3) is 5.42. The topological polar surface area (TPSA) is 21.3 Å². The van der Waals surface area contributed by atoms with Gasteiger partial charge in [0.2, 0.25) is 0 Å². The molecule has 0 saturated carbocycles. The van der Waals surface area contributed by atoms with Crippen LogP contribution in [0.25, 0.3) is 0 Å². The number of halogens is 1. The van der Waals surface area contributed by atoms with E-state index in [4.69, 9.17) is 16.3 Å². The van der Waals surface area contributed by atoms with Crippen molar-refractivity contribution in [2.75, 3.05) is 13.7 Å². The fourth-order valence-electron chi connectivity index (χ4n) is 2.26. The van der Waals surface area contributed by atoms with Crippen LogP contribution in [0.3, 0.4) is 0 Å². The van der Waals surface area contributed by atoms with Crippen LogP contribution in [0.2, 0.25) is 5.02 Å². The predicted octanol–water partition coefficient (Wildman–Crippen LogP) is 4.97. The Hall–Kier alpha value is -0.730. The molecule has 2 nitrogen and oxygen atoms in total. The molecule has 0 heterocycles. The van der Waals surface area contributed by atoms with E-state index in [1.165, 1.54) is 24.8 Å². The van der Waals surface area contributed by atoms with Gasteiger partial charge in [-0.25, -0.2) is 0 Å². The predicted molar refractivity (Wildman–Crippen MR) is 83.2 cm³/mol. The number of hydrogen-bond acceptors (Lipinski definition) is 2. The molecule has 0 spiro atoms. The smallest absolute Gasteiger partial charge is 0.125 e. The van der Waals surface area contributed by atoms with Crippen LogP contribution >= 0.6 is 11.6 Å². The molecular formula is C16H26ClNO. The van der Waals surface area contributed by atoms with Crippen molar-refractivity contribution >= 4 is 11.6 Å². The second-order valence-electron chi connectivity index (χ2n) is 4.89. The standard InChI is InChI=1S/C16H26ClNO/c1-4-6-7-8-15(18-11-5-2)14-10-9-13(17)12-16(14)19-3/h9-10,12,15,18H,4-8,11H2,1-3H3. The molecule has 0 saturated heterocycles. The molecule has 1 N–H and O–H groups in total. The monoisotopic (exact) mass is 283 g/mol. The number of benzene rings is 1.